The first kappa shape index (κ1) is 16.1. The molecule has 2 bridgehead atoms. The van der Waals surface area contributed by atoms with Crippen molar-refractivity contribution < 1.29 is 17.9 Å². The van der Waals surface area contributed by atoms with E-state index in [9.17, 15) is 8.42 Å². The van der Waals surface area contributed by atoms with E-state index in [0.717, 1.165) is 18.4 Å². The fraction of sp³-hybridized carbons (Fsp3) is 0.588. The average Bonchev–Trinajstić information content (AvgIpc) is 3.21. The lowest BCUT2D eigenvalue weighted by Gasteiger charge is -2.35. The summed E-state index contributed by atoms with van der Waals surface area (Å²) in [5.74, 6) is 0.863. The predicted octanol–water partition coefficient (Wildman–Crippen LogP) is 1.90. The minimum Gasteiger partial charge on any atom is -0.348 e. The molecule has 1 aromatic rings. The highest BCUT2D eigenvalue weighted by molar-refractivity contribution is 7.89. The topological polar surface area (TPSA) is 77.0 Å². The number of benzene rings is 1. The average molecular weight is 350 g/mol. The number of fused-ring (bicyclic) bond motifs is 5. The second kappa shape index (κ2) is 5.28. The molecule has 7 heteroatoms. The summed E-state index contributed by atoms with van der Waals surface area (Å²) in [5.41, 5.74) is 1.69. The second-order valence-electron chi connectivity index (χ2n) is 6.99. The summed E-state index contributed by atoms with van der Waals surface area (Å²) in [4.78, 5) is 2.58. The number of hydrogen-bond acceptors (Lipinski definition) is 5. The van der Waals surface area contributed by atoms with Gasteiger partial charge in [0.2, 0.25) is 5.79 Å². The maximum atomic E-state index is 12.5. The number of nitrogens with zero attached hydrogens (tertiary/aromatic N) is 1. The van der Waals surface area contributed by atoms with Gasteiger partial charge in [-0.3, -0.25) is 0 Å². The zero-order chi connectivity index (χ0) is 17.1. The van der Waals surface area contributed by atoms with Gasteiger partial charge >= 0.3 is 0 Å². The smallest absolute Gasteiger partial charge is 0.276 e. The second-order valence-corrected chi connectivity index (χ2v) is 8.65. The largest absolute Gasteiger partial charge is 0.348 e. The molecular formula is C17H22N2O4S. The molecule has 3 saturated carbocycles. The molecule has 1 aromatic carbocycles. The van der Waals surface area contributed by atoms with Crippen molar-refractivity contribution in [1.82, 2.24) is 4.83 Å². The molecular weight excluding hydrogens is 328 g/mol. The van der Waals surface area contributed by atoms with Crippen molar-refractivity contribution in [2.24, 2.45) is 28.8 Å². The summed E-state index contributed by atoms with van der Waals surface area (Å²) in [6.07, 6.45) is 2.12. The highest BCUT2D eigenvalue weighted by Crippen LogP contribution is 2.68. The van der Waals surface area contributed by atoms with Crippen molar-refractivity contribution in [2.75, 3.05) is 14.2 Å². The molecule has 0 aromatic heterocycles. The molecule has 3 aliphatic carbocycles. The number of hydrazone groups is 1. The van der Waals surface area contributed by atoms with Crippen molar-refractivity contribution >= 4 is 15.7 Å². The highest BCUT2D eigenvalue weighted by Gasteiger charge is 2.71. The van der Waals surface area contributed by atoms with E-state index in [1.807, 2.05) is 6.92 Å². The van der Waals surface area contributed by atoms with Crippen molar-refractivity contribution in [3.63, 3.8) is 0 Å². The van der Waals surface area contributed by atoms with Crippen LogP contribution in [0.5, 0.6) is 0 Å². The zero-order valence-electron chi connectivity index (χ0n) is 14.0. The minimum atomic E-state index is -3.70. The van der Waals surface area contributed by atoms with Gasteiger partial charge in [-0.05, 0) is 43.7 Å². The number of methoxy groups -OCH3 is 2. The molecule has 4 atom stereocenters. The van der Waals surface area contributed by atoms with E-state index in [4.69, 9.17) is 9.47 Å². The summed E-state index contributed by atoms with van der Waals surface area (Å²) in [6.45, 7) is 1.91. The number of nitrogens with one attached hydrogen (secondary N) is 1. The predicted molar refractivity (Wildman–Crippen MR) is 88.9 cm³/mol. The van der Waals surface area contributed by atoms with Gasteiger partial charge in [0.25, 0.3) is 10.0 Å². The van der Waals surface area contributed by atoms with Gasteiger partial charge in [-0.2, -0.15) is 18.4 Å². The monoisotopic (exact) mass is 350 g/mol. The van der Waals surface area contributed by atoms with Crippen molar-refractivity contribution in [3.05, 3.63) is 29.8 Å². The highest BCUT2D eigenvalue weighted by atomic mass is 32.2. The number of rotatable bonds is 5. The lowest BCUT2D eigenvalue weighted by atomic mass is 9.92. The van der Waals surface area contributed by atoms with Crippen LogP contribution in [-0.2, 0) is 19.5 Å². The van der Waals surface area contributed by atoms with E-state index in [2.05, 4.69) is 9.93 Å². The van der Waals surface area contributed by atoms with Gasteiger partial charge in [0, 0.05) is 26.1 Å². The zero-order valence-corrected chi connectivity index (χ0v) is 14.8. The molecule has 4 unspecified atom stereocenters. The first-order valence-corrected chi connectivity index (χ1v) is 9.68. The molecule has 6 nitrogen and oxygen atoms in total. The number of ether oxygens (including phenoxy) is 2. The van der Waals surface area contributed by atoms with Crippen LogP contribution in [0.4, 0.5) is 0 Å². The molecule has 1 N–H and O–H groups in total. The van der Waals surface area contributed by atoms with Crippen LogP contribution in [0.25, 0.3) is 0 Å². The molecule has 130 valence electrons. The van der Waals surface area contributed by atoms with Crippen LogP contribution in [0.2, 0.25) is 0 Å². The lowest BCUT2D eigenvalue weighted by molar-refractivity contribution is -0.186. The van der Waals surface area contributed by atoms with E-state index in [1.54, 1.807) is 38.5 Å². The van der Waals surface area contributed by atoms with Crippen molar-refractivity contribution in [3.8, 4) is 0 Å². The summed E-state index contributed by atoms with van der Waals surface area (Å²) in [5, 5.41) is 4.28. The van der Waals surface area contributed by atoms with Crippen LogP contribution < -0.4 is 4.83 Å². The van der Waals surface area contributed by atoms with Crippen LogP contribution in [0, 0.1) is 30.6 Å². The normalized spacial score (nSPS) is 34.4. The van der Waals surface area contributed by atoms with E-state index >= 15 is 0 Å². The van der Waals surface area contributed by atoms with E-state index in [0.29, 0.717) is 17.5 Å². The Hall–Kier alpha value is -1.44. The van der Waals surface area contributed by atoms with Gasteiger partial charge < -0.3 is 9.47 Å². The maximum Gasteiger partial charge on any atom is 0.276 e. The van der Waals surface area contributed by atoms with E-state index in [1.165, 1.54) is 0 Å². The van der Waals surface area contributed by atoms with Crippen LogP contribution in [0.15, 0.2) is 34.3 Å². The van der Waals surface area contributed by atoms with Crippen LogP contribution in [0.1, 0.15) is 18.4 Å². The molecule has 4 rings (SSSR count). The van der Waals surface area contributed by atoms with E-state index in [-0.39, 0.29) is 16.7 Å². The fourth-order valence-corrected chi connectivity index (χ4v) is 5.44. The Morgan fingerprint density at radius 3 is 2.42 bits per heavy atom. The van der Waals surface area contributed by atoms with Crippen LogP contribution >= 0.6 is 0 Å². The maximum absolute atomic E-state index is 12.5. The van der Waals surface area contributed by atoms with Crippen molar-refractivity contribution in [2.45, 2.75) is 30.4 Å². The molecule has 0 radical (unpaired) electrons. The third-order valence-electron chi connectivity index (χ3n) is 5.85. The minimum absolute atomic E-state index is 0.199. The molecule has 0 aliphatic heterocycles. The lowest BCUT2D eigenvalue weighted by Crippen LogP contribution is -2.49. The standard InChI is InChI=1S/C17H22N2O4S/c1-10-4-6-11(7-5-10)24(20,21)19-18-16-14-9-15(13-8-12(13)14)17(16,22-2)23-3/h4-7,12-15,19H,8-9H2,1-3H3/b18-16+. The molecule has 3 fully saturated rings. The van der Waals surface area contributed by atoms with Gasteiger partial charge in [0.15, 0.2) is 0 Å². The molecule has 0 spiro atoms. The first-order chi connectivity index (χ1) is 11.4. The Morgan fingerprint density at radius 1 is 1.12 bits per heavy atom. The van der Waals surface area contributed by atoms with Gasteiger partial charge in [0.1, 0.15) is 5.71 Å². The van der Waals surface area contributed by atoms with Gasteiger partial charge in [0.05, 0.1) is 4.90 Å². The van der Waals surface area contributed by atoms with Gasteiger partial charge in [-0.25, -0.2) is 0 Å². The van der Waals surface area contributed by atoms with Crippen molar-refractivity contribution in [1.29, 1.82) is 0 Å². The van der Waals surface area contributed by atoms with Crippen LogP contribution in [0.3, 0.4) is 0 Å². The Morgan fingerprint density at radius 2 is 1.79 bits per heavy atom. The summed E-state index contributed by atoms with van der Waals surface area (Å²) in [6, 6.07) is 6.69. The first-order valence-electron chi connectivity index (χ1n) is 8.20. The summed E-state index contributed by atoms with van der Waals surface area (Å²) >= 11 is 0. The Balaban J connectivity index is 1.64. The number of hydrogen-bond donors (Lipinski definition) is 1. The molecule has 0 saturated heterocycles. The molecule has 3 aliphatic rings. The number of sulfonamides is 1. The quantitative estimate of drug-likeness (QED) is 0.650. The molecule has 0 heterocycles. The van der Waals surface area contributed by atoms with Gasteiger partial charge in [-0.1, -0.05) is 17.7 Å². The van der Waals surface area contributed by atoms with Crippen LogP contribution in [-0.4, -0.2) is 34.1 Å². The Labute approximate surface area is 142 Å². The van der Waals surface area contributed by atoms with E-state index < -0.39 is 15.8 Å². The third kappa shape index (κ3) is 2.14. The third-order valence-corrected chi connectivity index (χ3v) is 7.08. The fourth-order valence-electron chi connectivity index (χ4n) is 4.62. The molecule has 0 amide bonds. The van der Waals surface area contributed by atoms with Gasteiger partial charge in [-0.15, -0.1) is 0 Å². The summed E-state index contributed by atoms with van der Waals surface area (Å²) in [7, 11) is -0.495. The molecule has 24 heavy (non-hydrogen) atoms. The SMILES string of the molecule is COC1(OC)/C(=N/NS(=O)(=O)c2ccc(C)cc2)C2CC1C1CC21. The summed E-state index contributed by atoms with van der Waals surface area (Å²) < 4.78 is 36.4. The Kier molecular flexibility index (Phi) is 3.53. The Bertz CT molecular complexity index is 783. The number of aryl methyl sites for hydroxylation is 1.